The van der Waals surface area contributed by atoms with Gasteiger partial charge >= 0.3 is 0 Å². The molecule has 0 fully saturated rings. The second kappa shape index (κ2) is 11.8. The van der Waals surface area contributed by atoms with E-state index in [1.165, 1.54) is 0 Å². The molecule has 0 radical (unpaired) electrons. The monoisotopic (exact) mass is 526 g/mol. The Morgan fingerprint density at radius 2 is 1.75 bits per heavy atom. The molecule has 0 aliphatic rings. The maximum atomic E-state index is 11.4. The van der Waals surface area contributed by atoms with Crippen molar-refractivity contribution in [3.63, 3.8) is 0 Å². The summed E-state index contributed by atoms with van der Waals surface area (Å²) in [4.78, 5) is 4.21. The van der Waals surface area contributed by atoms with Crippen molar-refractivity contribution in [3.05, 3.63) is 29.8 Å². The minimum atomic E-state index is -3.28. The molecular formula is C19H35IN4O3S. The number of sulfonamides is 1. The van der Waals surface area contributed by atoms with Crippen molar-refractivity contribution >= 4 is 40.0 Å². The first-order valence-corrected chi connectivity index (χ1v) is 11.0. The van der Waals surface area contributed by atoms with Crippen LogP contribution in [-0.4, -0.2) is 46.4 Å². The molecule has 1 aromatic rings. The second-order valence-electron chi connectivity index (χ2n) is 7.82. The van der Waals surface area contributed by atoms with E-state index in [0.29, 0.717) is 25.0 Å². The third-order valence-corrected chi connectivity index (χ3v) is 4.62. The molecule has 3 N–H and O–H groups in total. The Labute approximate surface area is 187 Å². The Morgan fingerprint density at radius 1 is 1.18 bits per heavy atom. The third kappa shape index (κ3) is 11.1. The van der Waals surface area contributed by atoms with Crippen LogP contribution < -0.4 is 20.1 Å². The molecule has 1 unspecified atom stereocenters. The van der Waals surface area contributed by atoms with E-state index in [-0.39, 0.29) is 30.0 Å². The Bertz CT molecular complexity index is 719. The van der Waals surface area contributed by atoms with Gasteiger partial charge < -0.3 is 15.4 Å². The van der Waals surface area contributed by atoms with E-state index in [9.17, 15) is 8.42 Å². The summed E-state index contributed by atoms with van der Waals surface area (Å²) in [6.07, 6.45) is 1.15. The summed E-state index contributed by atoms with van der Waals surface area (Å²) in [6.45, 7) is 11.0. The second-order valence-corrected chi connectivity index (χ2v) is 9.57. The minimum absolute atomic E-state index is 0. The zero-order chi connectivity index (χ0) is 20.7. The average Bonchev–Trinajstić information content (AvgIpc) is 2.54. The van der Waals surface area contributed by atoms with Crippen molar-refractivity contribution in [1.82, 2.24) is 15.4 Å². The van der Waals surface area contributed by atoms with E-state index < -0.39 is 15.6 Å². The average molecular weight is 526 g/mol. The molecule has 0 aromatic heterocycles. The molecule has 0 saturated heterocycles. The molecule has 0 heterocycles. The molecule has 1 aromatic carbocycles. The summed E-state index contributed by atoms with van der Waals surface area (Å²) in [7, 11) is -1.60. The van der Waals surface area contributed by atoms with Crippen molar-refractivity contribution in [2.75, 3.05) is 26.5 Å². The highest BCUT2D eigenvalue weighted by atomic mass is 127. The van der Waals surface area contributed by atoms with Crippen LogP contribution in [0.5, 0.6) is 5.75 Å². The van der Waals surface area contributed by atoms with Gasteiger partial charge in [0.15, 0.2) is 5.96 Å². The summed E-state index contributed by atoms with van der Waals surface area (Å²) in [5.41, 5.74) is 0.465. The van der Waals surface area contributed by atoms with Crippen LogP contribution in [0, 0.1) is 5.92 Å². The van der Waals surface area contributed by atoms with Gasteiger partial charge in [0.2, 0.25) is 10.0 Å². The maximum absolute atomic E-state index is 11.4. The van der Waals surface area contributed by atoms with E-state index >= 15 is 0 Å². The number of guanidine groups is 1. The van der Waals surface area contributed by atoms with Gasteiger partial charge in [-0.25, -0.2) is 13.1 Å². The van der Waals surface area contributed by atoms with Gasteiger partial charge in [0, 0.05) is 19.1 Å². The largest absolute Gasteiger partial charge is 0.493 e. The lowest BCUT2D eigenvalue weighted by molar-refractivity contribution is 0.271. The maximum Gasteiger partial charge on any atom is 0.209 e. The predicted molar refractivity (Wildman–Crippen MR) is 127 cm³/mol. The lowest BCUT2D eigenvalue weighted by Crippen LogP contribution is -2.53. The first kappa shape index (κ1) is 26.9. The number of ether oxygens (including phenoxy) is 1. The third-order valence-electron chi connectivity index (χ3n) is 3.70. The normalized spacial score (nSPS) is 13.6. The van der Waals surface area contributed by atoms with E-state index in [4.69, 9.17) is 4.74 Å². The highest BCUT2D eigenvalue weighted by molar-refractivity contribution is 14.0. The fourth-order valence-electron chi connectivity index (χ4n) is 2.44. The van der Waals surface area contributed by atoms with Crippen LogP contribution >= 0.6 is 24.0 Å². The van der Waals surface area contributed by atoms with Crippen molar-refractivity contribution in [1.29, 1.82) is 0 Å². The topological polar surface area (TPSA) is 91.8 Å². The molecule has 0 bridgehead atoms. The predicted octanol–water partition coefficient (Wildman–Crippen LogP) is 2.89. The fraction of sp³-hybridized carbons (Fsp3) is 0.632. The number of nitrogens with zero attached hydrogens (tertiary/aromatic N) is 1. The standard InChI is InChI=1S/C19H34N4O3S.HI/c1-14(2)12-26-17-10-8-16(9-11-17)15(3)22-18(20-6)21-13-19(4,5)23-27(7,24)25;/h8-11,14-15,23H,12-13H2,1-7H3,(H2,20,21,22);1H. The minimum Gasteiger partial charge on any atom is -0.493 e. The van der Waals surface area contributed by atoms with Crippen LogP contribution in [0.3, 0.4) is 0 Å². The lowest BCUT2D eigenvalue weighted by Gasteiger charge is -2.27. The van der Waals surface area contributed by atoms with Gasteiger partial charge in [-0.1, -0.05) is 26.0 Å². The van der Waals surface area contributed by atoms with Crippen LogP contribution in [-0.2, 0) is 10.0 Å². The van der Waals surface area contributed by atoms with E-state index in [1.54, 1.807) is 7.05 Å². The Hall–Kier alpha value is -1.07. The Morgan fingerprint density at radius 3 is 2.21 bits per heavy atom. The Balaban J connectivity index is 0.00000729. The van der Waals surface area contributed by atoms with Crippen LogP contribution in [0.4, 0.5) is 0 Å². The molecule has 1 atom stereocenters. The number of benzene rings is 1. The zero-order valence-corrected chi connectivity index (χ0v) is 21.0. The number of halogens is 1. The lowest BCUT2D eigenvalue weighted by atomic mass is 10.1. The number of hydrogen-bond donors (Lipinski definition) is 3. The molecule has 7 nitrogen and oxygen atoms in total. The molecular weight excluding hydrogens is 491 g/mol. The number of rotatable bonds is 9. The fourth-order valence-corrected chi connectivity index (χ4v) is 3.52. The van der Waals surface area contributed by atoms with Crippen molar-refractivity contribution in [2.24, 2.45) is 10.9 Å². The van der Waals surface area contributed by atoms with E-state index in [1.807, 2.05) is 45.0 Å². The van der Waals surface area contributed by atoms with Gasteiger partial charge in [0.1, 0.15) is 5.75 Å². The number of aliphatic imine (C=N–C) groups is 1. The summed E-state index contributed by atoms with van der Waals surface area (Å²) >= 11 is 0. The molecule has 9 heteroatoms. The van der Waals surface area contributed by atoms with Gasteiger partial charge in [0.05, 0.1) is 18.9 Å². The van der Waals surface area contributed by atoms with Crippen LogP contribution in [0.25, 0.3) is 0 Å². The van der Waals surface area contributed by atoms with Crippen molar-refractivity contribution in [3.8, 4) is 5.75 Å². The molecule has 0 aliphatic heterocycles. The molecule has 0 spiro atoms. The number of hydrogen-bond acceptors (Lipinski definition) is 4. The molecule has 0 aliphatic carbocycles. The highest BCUT2D eigenvalue weighted by Gasteiger charge is 2.22. The van der Waals surface area contributed by atoms with Gasteiger partial charge in [-0.05, 0) is 44.4 Å². The van der Waals surface area contributed by atoms with Crippen molar-refractivity contribution in [2.45, 2.75) is 46.2 Å². The van der Waals surface area contributed by atoms with Gasteiger partial charge in [0.25, 0.3) is 0 Å². The molecule has 0 saturated carbocycles. The van der Waals surface area contributed by atoms with Gasteiger partial charge in [-0.15, -0.1) is 24.0 Å². The summed E-state index contributed by atoms with van der Waals surface area (Å²) in [6, 6.07) is 8.00. The quantitative estimate of drug-likeness (QED) is 0.262. The summed E-state index contributed by atoms with van der Waals surface area (Å²) < 4.78 is 31.2. The SMILES string of the molecule is CN=C(NCC(C)(C)NS(C)(=O)=O)NC(C)c1ccc(OCC(C)C)cc1.I. The molecule has 1 rings (SSSR count). The van der Waals surface area contributed by atoms with E-state index in [2.05, 4.69) is 34.2 Å². The van der Waals surface area contributed by atoms with Crippen LogP contribution in [0.1, 0.15) is 46.2 Å². The first-order chi connectivity index (χ1) is 12.4. The van der Waals surface area contributed by atoms with Crippen LogP contribution in [0.15, 0.2) is 29.3 Å². The van der Waals surface area contributed by atoms with Crippen molar-refractivity contribution < 1.29 is 13.2 Å². The zero-order valence-electron chi connectivity index (χ0n) is 17.9. The van der Waals surface area contributed by atoms with Crippen LogP contribution in [0.2, 0.25) is 0 Å². The number of nitrogens with one attached hydrogen (secondary N) is 3. The summed E-state index contributed by atoms with van der Waals surface area (Å²) in [5, 5.41) is 6.47. The summed E-state index contributed by atoms with van der Waals surface area (Å²) in [5.74, 6) is 1.95. The smallest absolute Gasteiger partial charge is 0.209 e. The molecule has 162 valence electrons. The van der Waals surface area contributed by atoms with Gasteiger partial charge in [-0.2, -0.15) is 0 Å². The van der Waals surface area contributed by atoms with Gasteiger partial charge in [-0.3, -0.25) is 4.99 Å². The first-order valence-electron chi connectivity index (χ1n) is 9.11. The highest BCUT2D eigenvalue weighted by Crippen LogP contribution is 2.18. The van der Waals surface area contributed by atoms with E-state index in [0.717, 1.165) is 17.6 Å². The molecule has 28 heavy (non-hydrogen) atoms. The molecule has 0 amide bonds. The Kier molecular flexibility index (Phi) is 11.4.